The summed E-state index contributed by atoms with van der Waals surface area (Å²) in [5.41, 5.74) is 1.27. The van der Waals surface area contributed by atoms with Gasteiger partial charge < -0.3 is 0 Å². The van der Waals surface area contributed by atoms with Crippen LogP contribution in [0.5, 0.6) is 0 Å². The zero-order valence-corrected chi connectivity index (χ0v) is 14.0. The summed E-state index contributed by atoms with van der Waals surface area (Å²) < 4.78 is 0. The molecule has 0 aliphatic rings. The number of halogens is 4. The summed E-state index contributed by atoms with van der Waals surface area (Å²) in [6.45, 7) is 0.299. The van der Waals surface area contributed by atoms with Gasteiger partial charge in [0.25, 0.3) is 0 Å². The molecule has 1 aromatic heterocycles. The molecule has 3 aromatic rings. The minimum atomic E-state index is 0.299. The zero-order valence-electron chi connectivity index (χ0n) is 11.0. The Balaban J connectivity index is 1.95. The van der Waals surface area contributed by atoms with Crippen molar-refractivity contribution in [2.45, 2.75) is 6.54 Å². The Kier molecular flexibility index (Phi) is 4.54. The van der Waals surface area contributed by atoms with Gasteiger partial charge >= 0.3 is 0 Å². The Morgan fingerprint density at radius 1 is 0.818 bits per heavy atom. The highest BCUT2D eigenvalue weighted by molar-refractivity contribution is 6.39. The molecule has 0 N–H and O–H groups in total. The fourth-order valence-electron chi connectivity index (χ4n) is 1.95. The fraction of sp³-hybridized carbons (Fsp3) is 0.0714. The van der Waals surface area contributed by atoms with E-state index in [9.17, 15) is 0 Å². The van der Waals surface area contributed by atoms with Gasteiger partial charge in [-0.05, 0) is 29.5 Å². The molecule has 112 valence electrons. The molecule has 0 atom stereocenters. The largest absolute Gasteiger partial charge is 0.207 e. The maximum atomic E-state index is 6.14. The molecule has 0 saturated carbocycles. The van der Waals surface area contributed by atoms with Crippen molar-refractivity contribution in [3.05, 3.63) is 62.1 Å². The number of hydrogen-bond acceptors (Lipinski definition) is 3. The van der Waals surface area contributed by atoms with Gasteiger partial charge in [0.05, 0.1) is 22.2 Å². The SMILES string of the molecule is Clc1cccc(Cl)c1Cn1nnc(-c2c(Cl)cccc2Cl)n1. The average molecular weight is 374 g/mol. The molecule has 2 aromatic carbocycles. The van der Waals surface area contributed by atoms with Crippen LogP contribution in [0.15, 0.2) is 36.4 Å². The molecule has 0 fully saturated rings. The van der Waals surface area contributed by atoms with E-state index in [0.717, 1.165) is 5.56 Å². The van der Waals surface area contributed by atoms with E-state index < -0.39 is 0 Å². The molecule has 0 spiro atoms. The van der Waals surface area contributed by atoms with Gasteiger partial charge in [0.1, 0.15) is 0 Å². The topological polar surface area (TPSA) is 43.6 Å². The number of rotatable bonds is 3. The molecule has 0 aliphatic heterocycles. The lowest BCUT2D eigenvalue weighted by Gasteiger charge is -2.05. The summed E-state index contributed by atoms with van der Waals surface area (Å²) in [6.07, 6.45) is 0. The van der Waals surface area contributed by atoms with Gasteiger partial charge in [-0.15, -0.1) is 10.2 Å². The lowest BCUT2D eigenvalue weighted by atomic mass is 10.2. The van der Waals surface area contributed by atoms with E-state index in [4.69, 9.17) is 46.4 Å². The first kappa shape index (κ1) is 15.6. The molecular weight excluding hydrogens is 366 g/mol. The predicted octanol–water partition coefficient (Wildman–Crippen LogP) is 5.00. The minimum absolute atomic E-state index is 0.299. The highest BCUT2D eigenvalue weighted by Gasteiger charge is 2.15. The van der Waals surface area contributed by atoms with Crippen LogP contribution in [-0.2, 0) is 6.54 Å². The third kappa shape index (κ3) is 3.06. The second-order valence-corrected chi connectivity index (χ2v) is 6.07. The van der Waals surface area contributed by atoms with Crippen molar-refractivity contribution in [2.24, 2.45) is 0 Å². The maximum Gasteiger partial charge on any atom is 0.207 e. The molecular formula is C14H8Cl4N4. The Morgan fingerprint density at radius 2 is 1.36 bits per heavy atom. The van der Waals surface area contributed by atoms with Crippen LogP contribution < -0.4 is 0 Å². The smallest absolute Gasteiger partial charge is 0.159 e. The molecule has 0 aliphatic carbocycles. The lowest BCUT2D eigenvalue weighted by Crippen LogP contribution is -2.05. The first-order valence-corrected chi connectivity index (χ1v) is 7.72. The van der Waals surface area contributed by atoms with Crippen molar-refractivity contribution >= 4 is 46.4 Å². The van der Waals surface area contributed by atoms with E-state index in [1.165, 1.54) is 4.80 Å². The van der Waals surface area contributed by atoms with E-state index in [1.54, 1.807) is 36.4 Å². The summed E-state index contributed by atoms with van der Waals surface area (Å²) in [7, 11) is 0. The quantitative estimate of drug-likeness (QED) is 0.648. The molecule has 0 bridgehead atoms. The van der Waals surface area contributed by atoms with Crippen LogP contribution >= 0.6 is 46.4 Å². The van der Waals surface area contributed by atoms with Crippen molar-refractivity contribution in [3.8, 4) is 11.4 Å². The first-order chi connectivity index (χ1) is 10.6. The summed E-state index contributed by atoms with van der Waals surface area (Å²) in [5.74, 6) is 0.346. The van der Waals surface area contributed by atoms with Gasteiger partial charge in [0, 0.05) is 15.6 Å². The van der Waals surface area contributed by atoms with Gasteiger partial charge in [-0.3, -0.25) is 0 Å². The van der Waals surface area contributed by atoms with Crippen molar-refractivity contribution in [3.63, 3.8) is 0 Å². The molecule has 0 unspecified atom stereocenters. The van der Waals surface area contributed by atoms with Crippen LogP contribution in [0.25, 0.3) is 11.4 Å². The molecule has 0 saturated heterocycles. The zero-order chi connectivity index (χ0) is 15.7. The second-order valence-electron chi connectivity index (χ2n) is 4.44. The van der Waals surface area contributed by atoms with Gasteiger partial charge in [0.2, 0.25) is 5.82 Å². The van der Waals surface area contributed by atoms with E-state index >= 15 is 0 Å². The van der Waals surface area contributed by atoms with Crippen molar-refractivity contribution < 1.29 is 0 Å². The van der Waals surface area contributed by atoms with Gasteiger partial charge in [-0.2, -0.15) is 4.80 Å². The third-order valence-corrected chi connectivity index (χ3v) is 4.34. The molecule has 3 rings (SSSR count). The standard InChI is InChI=1S/C14H8Cl4N4/c15-9-3-1-4-10(16)8(9)7-22-20-14(19-21-22)13-11(17)5-2-6-12(13)18/h1-6H,7H2. The van der Waals surface area contributed by atoms with Gasteiger partial charge in [-0.1, -0.05) is 58.5 Å². The summed E-state index contributed by atoms with van der Waals surface area (Å²) >= 11 is 24.6. The Bertz CT molecular complexity index is 791. The summed E-state index contributed by atoms with van der Waals surface area (Å²) in [6, 6.07) is 10.5. The number of aromatic nitrogens is 4. The average Bonchev–Trinajstić information content (AvgIpc) is 2.91. The van der Waals surface area contributed by atoms with E-state index in [2.05, 4.69) is 15.4 Å². The Labute approximate surface area is 146 Å². The number of tetrazole rings is 1. The predicted molar refractivity (Wildman–Crippen MR) is 88.8 cm³/mol. The van der Waals surface area contributed by atoms with E-state index in [1.807, 2.05) is 0 Å². The van der Waals surface area contributed by atoms with Gasteiger partial charge in [0.15, 0.2) is 0 Å². The molecule has 0 amide bonds. The van der Waals surface area contributed by atoms with Crippen LogP contribution in [0.3, 0.4) is 0 Å². The van der Waals surface area contributed by atoms with Crippen LogP contribution in [0, 0.1) is 0 Å². The van der Waals surface area contributed by atoms with Crippen molar-refractivity contribution in [1.29, 1.82) is 0 Å². The Hall–Kier alpha value is -1.33. The van der Waals surface area contributed by atoms with Crippen molar-refractivity contribution in [2.75, 3.05) is 0 Å². The number of benzene rings is 2. The molecule has 0 radical (unpaired) electrons. The van der Waals surface area contributed by atoms with Gasteiger partial charge in [-0.25, -0.2) is 0 Å². The Morgan fingerprint density at radius 3 is 1.95 bits per heavy atom. The van der Waals surface area contributed by atoms with E-state index in [-0.39, 0.29) is 0 Å². The highest BCUT2D eigenvalue weighted by Crippen LogP contribution is 2.32. The second kappa shape index (κ2) is 6.42. The molecule has 22 heavy (non-hydrogen) atoms. The van der Waals surface area contributed by atoms with Crippen LogP contribution in [0.1, 0.15) is 5.56 Å². The fourth-order valence-corrected chi connectivity index (χ4v) is 3.03. The summed E-state index contributed by atoms with van der Waals surface area (Å²) in [4.78, 5) is 1.39. The highest BCUT2D eigenvalue weighted by atomic mass is 35.5. The normalized spacial score (nSPS) is 10.9. The molecule has 4 nitrogen and oxygen atoms in total. The monoisotopic (exact) mass is 372 g/mol. The maximum absolute atomic E-state index is 6.14. The van der Waals surface area contributed by atoms with Crippen LogP contribution in [-0.4, -0.2) is 20.2 Å². The van der Waals surface area contributed by atoms with E-state index in [0.29, 0.717) is 38.0 Å². The first-order valence-electron chi connectivity index (χ1n) is 6.21. The lowest BCUT2D eigenvalue weighted by molar-refractivity contribution is 0.573. The third-order valence-electron chi connectivity index (χ3n) is 3.00. The summed E-state index contributed by atoms with van der Waals surface area (Å²) in [5, 5.41) is 14.3. The van der Waals surface area contributed by atoms with Crippen LogP contribution in [0.4, 0.5) is 0 Å². The number of hydrogen-bond donors (Lipinski definition) is 0. The van der Waals surface area contributed by atoms with Crippen LogP contribution in [0.2, 0.25) is 20.1 Å². The minimum Gasteiger partial charge on any atom is -0.159 e. The number of nitrogens with zero attached hydrogens (tertiary/aromatic N) is 4. The van der Waals surface area contributed by atoms with Crippen molar-refractivity contribution in [1.82, 2.24) is 20.2 Å². The molecule has 1 heterocycles. The molecule has 8 heteroatoms.